The van der Waals surface area contributed by atoms with E-state index in [9.17, 15) is 0 Å². The minimum Gasteiger partial charge on any atom is -0.291 e. The van der Waals surface area contributed by atoms with Crippen molar-refractivity contribution in [3.05, 3.63) is 51.8 Å². The number of aromatic amines is 1. The summed E-state index contributed by atoms with van der Waals surface area (Å²) in [5, 5.41) is 3.40. The monoisotopic (exact) mass is 281 g/mol. The number of nitrogens with zero attached hydrogens (tertiary/aromatic N) is 2. The fraction of sp³-hybridized carbons (Fsp3) is 0.250. The summed E-state index contributed by atoms with van der Waals surface area (Å²) in [4.78, 5) is 4.76. The van der Waals surface area contributed by atoms with Crippen LogP contribution in [0.3, 0.4) is 0 Å². The van der Waals surface area contributed by atoms with E-state index in [0.29, 0.717) is 0 Å². The highest BCUT2D eigenvalue weighted by Gasteiger charge is 2.17. The second kappa shape index (κ2) is 4.28. The van der Waals surface area contributed by atoms with Crippen LogP contribution in [0.2, 0.25) is 0 Å². The number of hydrogen-bond donors (Lipinski definition) is 1. The molecule has 1 aromatic carbocycles. The number of rotatable bonds is 1. The number of nitrogens with one attached hydrogen (secondary N) is 1. The van der Waals surface area contributed by atoms with Crippen molar-refractivity contribution in [1.82, 2.24) is 14.6 Å². The largest absolute Gasteiger partial charge is 0.291 e. The summed E-state index contributed by atoms with van der Waals surface area (Å²) in [5.41, 5.74) is 6.88. The molecule has 0 saturated carbocycles. The Morgan fingerprint density at radius 3 is 2.95 bits per heavy atom. The fourth-order valence-electron chi connectivity index (χ4n) is 3.01. The second-order valence-electron chi connectivity index (χ2n) is 5.37. The zero-order valence-corrected chi connectivity index (χ0v) is 12.1. The van der Waals surface area contributed by atoms with Gasteiger partial charge in [0, 0.05) is 22.9 Å². The van der Waals surface area contributed by atoms with Crippen molar-refractivity contribution in [1.29, 1.82) is 0 Å². The van der Waals surface area contributed by atoms with Crippen molar-refractivity contribution in [3.8, 4) is 11.3 Å². The summed E-state index contributed by atoms with van der Waals surface area (Å²) >= 11 is 5.61. The highest BCUT2D eigenvalue weighted by atomic mass is 32.1. The van der Waals surface area contributed by atoms with Gasteiger partial charge in [-0.25, -0.2) is 9.50 Å². The second-order valence-corrected chi connectivity index (χ2v) is 5.76. The maximum absolute atomic E-state index is 5.61. The molecule has 4 heteroatoms. The maximum atomic E-state index is 5.61. The molecule has 3 aromatic rings. The van der Waals surface area contributed by atoms with Crippen LogP contribution in [0.15, 0.2) is 30.3 Å². The first-order valence-corrected chi connectivity index (χ1v) is 7.34. The highest BCUT2D eigenvalue weighted by molar-refractivity contribution is 7.71. The topological polar surface area (TPSA) is 33.1 Å². The third kappa shape index (κ3) is 1.64. The lowest BCUT2D eigenvalue weighted by atomic mass is 10.1. The van der Waals surface area contributed by atoms with Crippen LogP contribution in [-0.2, 0) is 12.8 Å². The standard InChI is InChI=1S/C16H15N3S/c1-10-5-2-3-6-11(10)14-9-15-17-13-8-4-7-12(13)16(20)19(15)18-14/h2-3,5-6,9,18H,4,7-8H2,1H3. The first-order valence-electron chi connectivity index (χ1n) is 6.93. The van der Waals surface area contributed by atoms with Gasteiger partial charge in [0.05, 0.1) is 5.69 Å². The Morgan fingerprint density at radius 2 is 2.10 bits per heavy atom. The van der Waals surface area contributed by atoms with Gasteiger partial charge in [-0.2, -0.15) is 0 Å². The minimum absolute atomic E-state index is 0.891. The lowest BCUT2D eigenvalue weighted by Crippen LogP contribution is -1.99. The summed E-state index contributed by atoms with van der Waals surface area (Å²) in [5.74, 6) is 0. The number of aryl methyl sites for hydroxylation is 2. The van der Waals surface area contributed by atoms with Crippen molar-refractivity contribution in [3.63, 3.8) is 0 Å². The molecule has 0 unspecified atom stereocenters. The molecule has 0 amide bonds. The predicted octanol–water partition coefficient (Wildman–Crippen LogP) is 3.86. The summed E-state index contributed by atoms with van der Waals surface area (Å²) < 4.78 is 2.84. The number of aromatic nitrogens is 3. The molecule has 2 aromatic heterocycles. The normalized spacial score (nSPS) is 13.8. The average molecular weight is 281 g/mol. The molecule has 2 heterocycles. The smallest absolute Gasteiger partial charge is 0.155 e. The van der Waals surface area contributed by atoms with Crippen molar-refractivity contribution >= 4 is 17.9 Å². The van der Waals surface area contributed by atoms with Crippen LogP contribution in [0.4, 0.5) is 0 Å². The number of hydrogen-bond acceptors (Lipinski definition) is 2. The number of benzene rings is 1. The third-order valence-corrected chi connectivity index (χ3v) is 4.50. The maximum Gasteiger partial charge on any atom is 0.155 e. The van der Waals surface area contributed by atoms with E-state index >= 15 is 0 Å². The Morgan fingerprint density at radius 1 is 1.25 bits per heavy atom. The van der Waals surface area contributed by atoms with Gasteiger partial charge in [0.25, 0.3) is 0 Å². The SMILES string of the molecule is Cc1ccccc1-c1cc2nc3c(c(=S)n2[nH]1)CCC3. The summed E-state index contributed by atoms with van der Waals surface area (Å²) in [6.07, 6.45) is 3.28. The Hall–Kier alpha value is -1.94. The molecule has 20 heavy (non-hydrogen) atoms. The Labute approximate surface area is 122 Å². The lowest BCUT2D eigenvalue weighted by molar-refractivity contribution is 0.896. The Bertz CT molecular complexity index is 873. The summed E-state index contributed by atoms with van der Waals surface area (Å²) in [7, 11) is 0. The van der Waals surface area contributed by atoms with E-state index in [1.807, 2.05) is 4.52 Å². The molecule has 1 N–H and O–H groups in total. The van der Waals surface area contributed by atoms with Gasteiger partial charge in [-0.3, -0.25) is 5.10 Å². The zero-order chi connectivity index (χ0) is 13.7. The molecule has 3 nitrogen and oxygen atoms in total. The minimum atomic E-state index is 0.891. The van der Waals surface area contributed by atoms with Crippen LogP contribution in [-0.4, -0.2) is 14.6 Å². The van der Waals surface area contributed by atoms with Gasteiger partial charge in [-0.05, 0) is 31.7 Å². The Kier molecular flexibility index (Phi) is 2.54. The molecule has 0 bridgehead atoms. The lowest BCUT2D eigenvalue weighted by Gasteiger charge is -2.02. The van der Waals surface area contributed by atoms with Crippen LogP contribution in [0, 0.1) is 11.6 Å². The van der Waals surface area contributed by atoms with Gasteiger partial charge in [0.2, 0.25) is 0 Å². The van der Waals surface area contributed by atoms with E-state index < -0.39 is 0 Å². The van der Waals surface area contributed by atoms with Crippen LogP contribution in [0.25, 0.3) is 16.9 Å². The predicted molar refractivity (Wildman–Crippen MR) is 82.6 cm³/mol. The van der Waals surface area contributed by atoms with Gasteiger partial charge in [-0.15, -0.1) is 0 Å². The van der Waals surface area contributed by atoms with E-state index in [0.717, 1.165) is 28.8 Å². The van der Waals surface area contributed by atoms with Gasteiger partial charge >= 0.3 is 0 Å². The quantitative estimate of drug-likeness (QED) is 0.687. The molecule has 100 valence electrons. The van der Waals surface area contributed by atoms with E-state index in [2.05, 4.69) is 42.4 Å². The van der Waals surface area contributed by atoms with Gasteiger partial charge < -0.3 is 0 Å². The van der Waals surface area contributed by atoms with E-state index in [1.165, 1.54) is 28.8 Å². The highest BCUT2D eigenvalue weighted by Crippen LogP contribution is 2.26. The first-order chi connectivity index (χ1) is 9.74. The molecule has 0 aliphatic heterocycles. The molecule has 0 spiro atoms. The van der Waals surface area contributed by atoms with Crippen molar-refractivity contribution in [2.24, 2.45) is 0 Å². The van der Waals surface area contributed by atoms with Crippen LogP contribution in [0.5, 0.6) is 0 Å². The first kappa shape index (κ1) is 11.9. The van der Waals surface area contributed by atoms with Gasteiger partial charge in [-0.1, -0.05) is 36.5 Å². The molecular weight excluding hydrogens is 266 g/mol. The van der Waals surface area contributed by atoms with E-state index in [-0.39, 0.29) is 0 Å². The average Bonchev–Trinajstić information content (AvgIpc) is 3.06. The van der Waals surface area contributed by atoms with Crippen molar-refractivity contribution in [2.45, 2.75) is 26.2 Å². The molecule has 0 saturated heterocycles. The molecular formula is C16H15N3S. The summed E-state index contributed by atoms with van der Waals surface area (Å²) in [6.45, 7) is 2.12. The summed E-state index contributed by atoms with van der Waals surface area (Å²) in [6, 6.07) is 10.4. The Balaban J connectivity index is 1.99. The van der Waals surface area contributed by atoms with Gasteiger partial charge in [0.1, 0.15) is 4.64 Å². The molecule has 0 radical (unpaired) electrons. The van der Waals surface area contributed by atoms with Crippen LogP contribution < -0.4 is 0 Å². The molecule has 1 aliphatic carbocycles. The molecule has 0 fully saturated rings. The van der Waals surface area contributed by atoms with Crippen LogP contribution >= 0.6 is 12.2 Å². The fourth-order valence-corrected chi connectivity index (χ4v) is 3.37. The molecule has 0 atom stereocenters. The van der Waals surface area contributed by atoms with E-state index in [4.69, 9.17) is 17.2 Å². The number of fused-ring (bicyclic) bond motifs is 2. The molecule has 4 rings (SSSR count). The van der Waals surface area contributed by atoms with Crippen LogP contribution in [0.1, 0.15) is 23.2 Å². The van der Waals surface area contributed by atoms with Crippen molar-refractivity contribution < 1.29 is 0 Å². The van der Waals surface area contributed by atoms with Crippen molar-refractivity contribution in [2.75, 3.05) is 0 Å². The molecule has 1 aliphatic rings. The van der Waals surface area contributed by atoms with Gasteiger partial charge in [0.15, 0.2) is 5.65 Å². The number of H-pyrrole nitrogens is 1. The van der Waals surface area contributed by atoms with E-state index in [1.54, 1.807) is 0 Å². The zero-order valence-electron chi connectivity index (χ0n) is 11.3. The third-order valence-electron chi connectivity index (χ3n) is 4.07.